The van der Waals surface area contributed by atoms with E-state index in [0.29, 0.717) is 39.0 Å². The Bertz CT molecular complexity index is 720. The lowest BCUT2D eigenvalue weighted by molar-refractivity contribution is -0.764. The van der Waals surface area contributed by atoms with E-state index in [1.54, 1.807) is 6.92 Å². The Labute approximate surface area is 165 Å². The van der Waals surface area contributed by atoms with Gasteiger partial charge in [-0.1, -0.05) is 18.2 Å². The molecule has 1 aromatic carbocycles. The zero-order chi connectivity index (χ0) is 18.2. The maximum Gasteiger partial charge on any atom is 0.305 e. The standard InChI is InChI=1S/C20H27N2O3.BrH/c1-4-25-20(24)10-6-11-21-12-7-13-22(21)15-18(23)14-19-16(2)8-5-9-17(19)3;/h5,7-9,12-13H,4,6,10-11,14-15H2,1-3H3;1H/q+1;/p-1. The molecule has 26 heavy (non-hydrogen) atoms. The van der Waals surface area contributed by atoms with Gasteiger partial charge in [0.05, 0.1) is 19.3 Å². The van der Waals surface area contributed by atoms with E-state index in [1.807, 2.05) is 59.9 Å². The Morgan fingerprint density at radius 1 is 1.15 bits per heavy atom. The second kappa shape index (κ2) is 10.9. The Morgan fingerprint density at radius 2 is 1.85 bits per heavy atom. The van der Waals surface area contributed by atoms with Crippen LogP contribution in [-0.2, 0) is 33.8 Å². The largest absolute Gasteiger partial charge is 1.00 e. The summed E-state index contributed by atoms with van der Waals surface area (Å²) in [6, 6.07) is 8.01. The number of ketones is 1. The van der Waals surface area contributed by atoms with Crippen LogP contribution in [0.25, 0.3) is 0 Å². The molecule has 0 fully saturated rings. The van der Waals surface area contributed by atoms with Crippen molar-refractivity contribution in [1.82, 2.24) is 4.68 Å². The molecule has 1 heterocycles. The van der Waals surface area contributed by atoms with Crippen molar-refractivity contribution in [2.45, 2.75) is 53.1 Å². The number of rotatable bonds is 9. The number of carbonyl (C=O) groups excluding carboxylic acids is 2. The fraction of sp³-hybridized carbons (Fsp3) is 0.450. The summed E-state index contributed by atoms with van der Waals surface area (Å²) in [5, 5.41) is 0. The molecule has 0 radical (unpaired) electrons. The van der Waals surface area contributed by atoms with E-state index >= 15 is 0 Å². The molecule has 0 N–H and O–H groups in total. The number of halogens is 1. The average Bonchev–Trinajstić information content (AvgIpc) is 2.98. The first-order valence-corrected chi connectivity index (χ1v) is 8.78. The van der Waals surface area contributed by atoms with Gasteiger partial charge in [-0.2, -0.15) is 4.68 Å². The number of Topliss-reactive ketones (excluding diaryl/α,β-unsaturated/α-hetero) is 1. The number of hydrogen-bond donors (Lipinski definition) is 0. The predicted molar refractivity (Wildman–Crippen MR) is 95.1 cm³/mol. The molecular weight excluding hydrogens is 396 g/mol. The first kappa shape index (κ1) is 22.1. The molecule has 2 aromatic rings. The number of nitrogens with zero attached hydrogens (tertiary/aromatic N) is 2. The van der Waals surface area contributed by atoms with E-state index in [1.165, 1.54) is 0 Å². The monoisotopic (exact) mass is 422 g/mol. The summed E-state index contributed by atoms with van der Waals surface area (Å²) in [7, 11) is 0. The van der Waals surface area contributed by atoms with Crippen LogP contribution >= 0.6 is 0 Å². The van der Waals surface area contributed by atoms with Crippen LogP contribution < -0.4 is 21.7 Å². The number of esters is 1. The minimum absolute atomic E-state index is 0. The van der Waals surface area contributed by atoms with Gasteiger partial charge >= 0.3 is 5.97 Å². The summed E-state index contributed by atoms with van der Waals surface area (Å²) < 4.78 is 8.81. The maximum absolute atomic E-state index is 12.5. The molecule has 0 bridgehead atoms. The lowest BCUT2D eigenvalue weighted by atomic mass is 9.98. The minimum Gasteiger partial charge on any atom is -1.00 e. The molecule has 6 heteroatoms. The summed E-state index contributed by atoms with van der Waals surface area (Å²) in [5.74, 6) is 0.0000493. The topological polar surface area (TPSA) is 52.2 Å². The first-order chi connectivity index (χ1) is 12.0. The van der Waals surface area contributed by atoms with Crippen LogP contribution in [0.1, 0.15) is 36.5 Å². The van der Waals surface area contributed by atoms with Crippen molar-refractivity contribution >= 4 is 11.8 Å². The molecule has 1 aromatic heterocycles. The normalized spacial score (nSPS) is 10.3. The van der Waals surface area contributed by atoms with E-state index in [9.17, 15) is 9.59 Å². The first-order valence-electron chi connectivity index (χ1n) is 8.78. The van der Waals surface area contributed by atoms with Gasteiger partial charge in [-0.25, -0.2) is 0 Å². The summed E-state index contributed by atoms with van der Waals surface area (Å²) in [6.07, 6.45) is 5.35. The van der Waals surface area contributed by atoms with Gasteiger partial charge < -0.3 is 21.7 Å². The van der Waals surface area contributed by atoms with Crippen LogP contribution in [0, 0.1) is 13.8 Å². The highest BCUT2D eigenvalue weighted by Gasteiger charge is 2.16. The molecule has 0 saturated carbocycles. The Kier molecular flexibility index (Phi) is 9.27. The van der Waals surface area contributed by atoms with Crippen LogP contribution in [0.15, 0.2) is 36.7 Å². The summed E-state index contributed by atoms with van der Waals surface area (Å²) in [6.45, 7) is 7.32. The molecule has 0 aliphatic carbocycles. The van der Waals surface area contributed by atoms with Gasteiger partial charge in [0.2, 0.25) is 12.3 Å². The summed E-state index contributed by atoms with van der Waals surface area (Å²) >= 11 is 0. The van der Waals surface area contributed by atoms with Crippen molar-refractivity contribution in [3.63, 3.8) is 0 Å². The average molecular weight is 423 g/mol. The Balaban J connectivity index is 0.00000338. The third kappa shape index (κ3) is 6.41. The van der Waals surface area contributed by atoms with Gasteiger partial charge in [0.25, 0.3) is 0 Å². The lowest BCUT2D eigenvalue weighted by Crippen LogP contribution is -3.00. The van der Waals surface area contributed by atoms with Crippen molar-refractivity contribution in [3.05, 3.63) is 53.3 Å². The molecule has 0 saturated heterocycles. The molecule has 142 valence electrons. The molecular formula is C20H27BrN2O3. The Hall–Kier alpha value is -1.95. The Morgan fingerprint density at radius 3 is 2.50 bits per heavy atom. The van der Waals surface area contributed by atoms with E-state index in [0.717, 1.165) is 16.7 Å². The maximum atomic E-state index is 12.5. The van der Waals surface area contributed by atoms with Crippen LogP contribution in [-0.4, -0.2) is 23.0 Å². The summed E-state index contributed by atoms with van der Waals surface area (Å²) in [5.41, 5.74) is 3.43. The molecule has 0 atom stereocenters. The molecule has 0 amide bonds. The highest BCUT2D eigenvalue weighted by molar-refractivity contribution is 5.80. The highest BCUT2D eigenvalue weighted by atomic mass is 79.9. The predicted octanol–water partition coefficient (Wildman–Crippen LogP) is -0.448. The van der Waals surface area contributed by atoms with Gasteiger partial charge in [-0.05, 0) is 43.9 Å². The molecule has 0 aliphatic rings. The fourth-order valence-electron chi connectivity index (χ4n) is 2.94. The number of aromatic nitrogens is 2. The van der Waals surface area contributed by atoms with E-state index in [-0.39, 0.29) is 28.7 Å². The van der Waals surface area contributed by atoms with Crippen molar-refractivity contribution in [2.75, 3.05) is 6.61 Å². The van der Waals surface area contributed by atoms with Crippen LogP contribution in [0.2, 0.25) is 0 Å². The molecule has 0 unspecified atom stereocenters. The van der Waals surface area contributed by atoms with Crippen molar-refractivity contribution in [2.24, 2.45) is 0 Å². The van der Waals surface area contributed by atoms with E-state index in [2.05, 4.69) is 0 Å². The molecule has 0 aliphatic heterocycles. The number of benzene rings is 1. The second-order valence-electron chi connectivity index (χ2n) is 6.25. The molecule has 0 spiro atoms. The molecule has 2 rings (SSSR count). The van der Waals surface area contributed by atoms with Crippen molar-refractivity contribution in [3.8, 4) is 0 Å². The quantitative estimate of drug-likeness (QED) is 0.406. The van der Waals surface area contributed by atoms with Crippen LogP contribution in [0.4, 0.5) is 0 Å². The zero-order valence-corrected chi connectivity index (χ0v) is 17.3. The third-order valence-electron chi connectivity index (χ3n) is 4.28. The van der Waals surface area contributed by atoms with Crippen molar-refractivity contribution < 1.29 is 36.0 Å². The number of ether oxygens (including phenoxy) is 1. The number of carbonyl (C=O) groups is 2. The fourth-order valence-corrected chi connectivity index (χ4v) is 2.94. The SMILES string of the molecule is CCOC(=O)CCCn1ccc[n+]1CC(=O)Cc1c(C)cccc1C.[Br-]. The van der Waals surface area contributed by atoms with Gasteiger partial charge in [0, 0.05) is 18.9 Å². The smallest absolute Gasteiger partial charge is 0.305 e. The summed E-state index contributed by atoms with van der Waals surface area (Å²) in [4.78, 5) is 23.9. The van der Waals surface area contributed by atoms with Crippen LogP contribution in [0.3, 0.4) is 0 Å². The van der Waals surface area contributed by atoms with Gasteiger partial charge in [-0.15, -0.1) is 4.68 Å². The minimum atomic E-state index is -0.174. The van der Waals surface area contributed by atoms with Gasteiger partial charge in [0.15, 0.2) is 6.20 Å². The highest BCUT2D eigenvalue weighted by Crippen LogP contribution is 2.14. The van der Waals surface area contributed by atoms with E-state index in [4.69, 9.17) is 4.74 Å². The van der Waals surface area contributed by atoms with E-state index < -0.39 is 0 Å². The van der Waals surface area contributed by atoms with Crippen LogP contribution in [0.5, 0.6) is 0 Å². The second-order valence-corrected chi connectivity index (χ2v) is 6.25. The van der Waals surface area contributed by atoms with Gasteiger partial charge in [0.1, 0.15) is 0 Å². The van der Waals surface area contributed by atoms with Gasteiger partial charge in [-0.3, -0.25) is 9.59 Å². The number of aryl methyl sites for hydroxylation is 3. The number of hydrogen-bond acceptors (Lipinski definition) is 3. The zero-order valence-electron chi connectivity index (χ0n) is 15.7. The van der Waals surface area contributed by atoms with Crippen molar-refractivity contribution in [1.29, 1.82) is 0 Å². The third-order valence-corrected chi connectivity index (χ3v) is 4.28. The lowest BCUT2D eigenvalue weighted by Gasteiger charge is -2.08. The molecule has 5 nitrogen and oxygen atoms in total.